The van der Waals surface area contributed by atoms with Crippen LogP contribution in [-0.2, 0) is 28.8 Å². The van der Waals surface area contributed by atoms with E-state index in [0.29, 0.717) is 5.06 Å². The molecular weight excluding hydrogens is 382 g/mol. The molecule has 0 aromatic heterocycles. The third-order valence-corrected chi connectivity index (χ3v) is 4.40. The second-order valence-electron chi connectivity index (χ2n) is 5.27. The fourth-order valence-electron chi connectivity index (χ4n) is 2.11. The Morgan fingerprint density at radius 3 is 2.52 bits per heavy atom. The van der Waals surface area contributed by atoms with Crippen LogP contribution in [0.4, 0.5) is 5.69 Å². The molecule has 1 saturated heterocycles. The minimum absolute atomic E-state index is 0.0572. The molecule has 1 heterocycles. The number of carbonyl (C=O) groups excluding carboxylic acids is 4. The number of nitro groups is 1. The summed E-state index contributed by atoms with van der Waals surface area (Å²) < 4.78 is 7.20. The fourth-order valence-corrected chi connectivity index (χ4v) is 2.95. The van der Waals surface area contributed by atoms with Crippen LogP contribution in [0.5, 0.6) is 0 Å². The number of nitrogens with zero attached hydrogens (tertiary/aromatic N) is 2. The summed E-state index contributed by atoms with van der Waals surface area (Å²) in [7, 11) is 1.10. The number of nitro benzene ring substituents is 1. The third kappa shape index (κ3) is 5.24. The molecule has 2 rings (SSSR count). The maximum absolute atomic E-state index is 12.0. The number of rotatable bonds is 8. The van der Waals surface area contributed by atoms with E-state index in [1.807, 2.05) is 0 Å². The molecule has 0 spiro atoms. The number of hydroxylamine groups is 2. The number of amides is 2. The summed E-state index contributed by atoms with van der Waals surface area (Å²) in [5.74, 6) is -3.13. The van der Waals surface area contributed by atoms with Gasteiger partial charge in [0.1, 0.15) is 10.9 Å². The van der Waals surface area contributed by atoms with E-state index >= 15 is 0 Å². The first kappa shape index (κ1) is 20.3. The monoisotopic (exact) mass is 397 g/mol. The van der Waals surface area contributed by atoms with E-state index in [1.54, 1.807) is 6.07 Å². The predicted molar refractivity (Wildman–Crippen MR) is 89.7 cm³/mol. The van der Waals surface area contributed by atoms with Crippen molar-refractivity contribution < 1.29 is 33.7 Å². The minimum atomic E-state index is -1.22. The van der Waals surface area contributed by atoms with Crippen LogP contribution >= 0.6 is 11.9 Å². The Hall–Kier alpha value is -2.99. The van der Waals surface area contributed by atoms with Crippen LogP contribution in [0.15, 0.2) is 29.2 Å². The van der Waals surface area contributed by atoms with E-state index in [-0.39, 0.29) is 23.4 Å². The molecule has 1 aromatic carbocycles. The standard InChI is InChI=1S/C15H15N3O8S/c1-25-15(22)9(8-14(21)26-17-12(19)6-7-13(17)20)16-27-11-5-3-2-4-10(11)18(23)24/h2-5,9,16H,6-8H2,1H3. The zero-order valence-corrected chi connectivity index (χ0v) is 14.9. The van der Waals surface area contributed by atoms with Gasteiger partial charge in [-0.1, -0.05) is 12.1 Å². The number of hydrogen-bond donors (Lipinski definition) is 1. The molecule has 12 heteroatoms. The molecule has 27 heavy (non-hydrogen) atoms. The number of imide groups is 1. The molecule has 0 bridgehead atoms. The van der Waals surface area contributed by atoms with Crippen LogP contribution in [0.3, 0.4) is 0 Å². The van der Waals surface area contributed by atoms with E-state index < -0.39 is 41.1 Å². The van der Waals surface area contributed by atoms with Gasteiger partial charge in [0.15, 0.2) is 0 Å². The highest BCUT2D eigenvalue weighted by atomic mass is 32.2. The van der Waals surface area contributed by atoms with Crippen LogP contribution in [0.2, 0.25) is 0 Å². The number of carbonyl (C=O) groups is 4. The van der Waals surface area contributed by atoms with Crippen molar-refractivity contribution in [1.29, 1.82) is 0 Å². The van der Waals surface area contributed by atoms with Crippen molar-refractivity contribution in [1.82, 2.24) is 9.79 Å². The first-order valence-corrected chi connectivity index (χ1v) is 8.45. The Morgan fingerprint density at radius 2 is 1.93 bits per heavy atom. The highest BCUT2D eigenvalue weighted by Gasteiger charge is 2.34. The lowest BCUT2D eigenvalue weighted by atomic mass is 10.2. The molecule has 1 aliphatic rings. The Morgan fingerprint density at radius 1 is 1.30 bits per heavy atom. The van der Waals surface area contributed by atoms with Crippen molar-refractivity contribution >= 4 is 41.4 Å². The van der Waals surface area contributed by atoms with Crippen molar-refractivity contribution in [2.24, 2.45) is 0 Å². The van der Waals surface area contributed by atoms with Gasteiger partial charge in [-0.15, -0.1) is 5.06 Å². The Bertz CT molecular complexity index is 768. The van der Waals surface area contributed by atoms with Crippen molar-refractivity contribution in [3.63, 3.8) is 0 Å². The van der Waals surface area contributed by atoms with E-state index in [4.69, 9.17) is 4.84 Å². The van der Waals surface area contributed by atoms with Crippen molar-refractivity contribution in [2.45, 2.75) is 30.2 Å². The summed E-state index contributed by atoms with van der Waals surface area (Å²) in [5, 5.41) is 11.4. The maximum Gasteiger partial charge on any atom is 0.335 e. The molecular formula is C15H15N3O8S. The Labute approximate surface area is 157 Å². The zero-order valence-electron chi connectivity index (χ0n) is 14.1. The number of hydrogen-bond acceptors (Lipinski definition) is 10. The van der Waals surface area contributed by atoms with E-state index in [1.165, 1.54) is 18.2 Å². The maximum atomic E-state index is 12.0. The second-order valence-corrected chi connectivity index (χ2v) is 6.15. The molecule has 144 valence electrons. The Kier molecular flexibility index (Phi) is 6.85. The van der Waals surface area contributed by atoms with Crippen LogP contribution in [0.25, 0.3) is 0 Å². The SMILES string of the molecule is COC(=O)C(CC(=O)ON1C(=O)CCC1=O)NSc1ccccc1[N+](=O)[O-]. The first-order chi connectivity index (χ1) is 12.8. The number of benzene rings is 1. The molecule has 11 nitrogen and oxygen atoms in total. The average Bonchev–Trinajstić information content (AvgIpc) is 2.96. The van der Waals surface area contributed by atoms with E-state index in [2.05, 4.69) is 9.46 Å². The van der Waals surface area contributed by atoms with Crippen LogP contribution < -0.4 is 4.72 Å². The van der Waals surface area contributed by atoms with Gasteiger partial charge in [-0.3, -0.25) is 24.5 Å². The summed E-state index contributed by atoms with van der Waals surface area (Å²) in [6.45, 7) is 0. The lowest BCUT2D eigenvalue weighted by Gasteiger charge is -2.17. The number of esters is 1. The van der Waals surface area contributed by atoms with Crippen LogP contribution in [-0.4, -0.2) is 46.9 Å². The largest absolute Gasteiger partial charge is 0.468 e. The molecule has 0 radical (unpaired) electrons. The summed E-state index contributed by atoms with van der Waals surface area (Å²) in [5.41, 5.74) is -0.186. The molecule has 1 fully saturated rings. The van der Waals surface area contributed by atoms with Crippen LogP contribution in [0.1, 0.15) is 19.3 Å². The number of ether oxygens (including phenoxy) is 1. The van der Waals surface area contributed by atoms with Gasteiger partial charge in [0.05, 0.1) is 18.5 Å². The molecule has 1 unspecified atom stereocenters. The van der Waals surface area contributed by atoms with E-state index in [9.17, 15) is 29.3 Å². The molecule has 1 aromatic rings. The van der Waals surface area contributed by atoms with Crippen LogP contribution in [0, 0.1) is 10.1 Å². The quantitative estimate of drug-likeness (QED) is 0.219. The van der Waals surface area contributed by atoms with Crippen molar-refractivity contribution in [2.75, 3.05) is 7.11 Å². The lowest BCUT2D eigenvalue weighted by Crippen LogP contribution is -2.39. The van der Waals surface area contributed by atoms with Gasteiger partial charge in [0.2, 0.25) is 0 Å². The number of para-hydroxylation sites is 1. The number of nitrogens with one attached hydrogen (secondary N) is 1. The molecule has 1 aliphatic heterocycles. The molecule has 1 N–H and O–H groups in total. The Balaban J connectivity index is 2.02. The third-order valence-electron chi connectivity index (χ3n) is 3.43. The van der Waals surface area contributed by atoms with E-state index in [0.717, 1.165) is 19.1 Å². The highest BCUT2D eigenvalue weighted by Crippen LogP contribution is 2.27. The molecule has 0 aliphatic carbocycles. The summed E-state index contributed by atoms with van der Waals surface area (Å²) in [4.78, 5) is 62.1. The smallest absolute Gasteiger partial charge is 0.335 e. The lowest BCUT2D eigenvalue weighted by molar-refractivity contribution is -0.387. The topological polar surface area (TPSA) is 145 Å². The van der Waals surface area contributed by atoms with Gasteiger partial charge < -0.3 is 9.57 Å². The summed E-state index contributed by atoms with van der Waals surface area (Å²) in [6.07, 6.45) is -0.673. The van der Waals surface area contributed by atoms with Gasteiger partial charge in [0, 0.05) is 18.9 Å². The van der Waals surface area contributed by atoms with Crippen molar-refractivity contribution in [3.05, 3.63) is 34.4 Å². The minimum Gasteiger partial charge on any atom is -0.468 e. The average molecular weight is 397 g/mol. The molecule has 1 atom stereocenters. The normalized spacial score (nSPS) is 14.8. The number of methoxy groups -OCH3 is 1. The van der Waals surface area contributed by atoms with Gasteiger partial charge in [-0.2, -0.15) is 0 Å². The second kappa shape index (κ2) is 9.09. The van der Waals surface area contributed by atoms with Gasteiger partial charge in [-0.25, -0.2) is 9.52 Å². The molecule has 2 amide bonds. The predicted octanol–water partition coefficient (Wildman–Crippen LogP) is 0.730. The fraction of sp³-hybridized carbons (Fsp3) is 0.333. The first-order valence-electron chi connectivity index (χ1n) is 7.63. The highest BCUT2D eigenvalue weighted by molar-refractivity contribution is 7.97. The summed E-state index contributed by atoms with van der Waals surface area (Å²) in [6, 6.07) is 4.59. The summed E-state index contributed by atoms with van der Waals surface area (Å²) >= 11 is 0.765. The zero-order chi connectivity index (χ0) is 20.0. The van der Waals surface area contributed by atoms with Gasteiger partial charge in [0.25, 0.3) is 17.5 Å². The molecule has 0 saturated carbocycles. The van der Waals surface area contributed by atoms with Gasteiger partial charge >= 0.3 is 11.9 Å². The van der Waals surface area contributed by atoms with Gasteiger partial charge in [-0.05, 0) is 18.0 Å². The van der Waals surface area contributed by atoms with Crippen molar-refractivity contribution in [3.8, 4) is 0 Å².